The average Bonchev–Trinajstić information content (AvgIpc) is 2.98. The quantitative estimate of drug-likeness (QED) is 0.895. The van der Waals surface area contributed by atoms with Crippen LogP contribution in [0.1, 0.15) is 25.6 Å². The minimum atomic E-state index is 0.105. The van der Waals surface area contributed by atoms with Gasteiger partial charge in [0, 0.05) is 37.1 Å². The molecule has 130 valence electrons. The molecular formula is C17H25N5OS. The van der Waals surface area contributed by atoms with Gasteiger partial charge in [-0.2, -0.15) is 0 Å². The first-order chi connectivity index (χ1) is 11.6. The smallest absolute Gasteiger partial charge is 0.234 e. The van der Waals surface area contributed by atoms with Crippen LogP contribution in [0.5, 0.6) is 0 Å². The Kier molecular flexibility index (Phi) is 5.30. The predicted molar refractivity (Wildman–Crippen MR) is 98.7 cm³/mol. The Balaban J connectivity index is 1.65. The third kappa shape index (κ3) is 3.84. The number of thiophene rings is 1. The van der Waals surface area contributed by atoms with Gasteiger partial charge in [-0.05, 0) is 26.3 Å². The van der Waals surface area contributed by atoms with Crippen molar-refractivity contribution in [1.82, 2.24) is 20.2 Å². The molecule has 3 rings (SSSR count). The molecule has 0 radical (unpaired) electrons. The number of anilines is 1. The van der Waals surface area contributed by atoms with Gasteiger partial charge in [0.15, 0.2) is 0 Å². The highest BCUT2D eigenvalue weighted by Crippen LogP contribution is 2.30. The van der Waals surface area contributed by atoms with Crippen molar-refractivity contribution in [3.63, 3.8) is 0 Å². The van der Waals surface area contributed by atoms with Gasteiger partial charge in [-0.25, -0.2) is 9.97 Å². The maximum atomic E-state index is 11.9. The van der Waals surface area contributed by atoms with Gasteiger partial charge in [0.25, 0.3) is 0 Å². The van der Waals surface area contributed by atoms with E-state index in [1.165, 1.54) is 4.88 Å². The summed E-state index contributed by atoms with van der Waals surface area (Å²) in [5.41, 5.74) is 0. The van der Waals surface area contributed by atoms with E-state index in [2.05, 4.69) is 38.1 Å². The first-order valence-electron chi connectivity index (χ1n) is 8.57. The molecule has 0 aliphatic carbocycles. The van der Waals surface area contributed by atoms with E-state index in [9.17, 15) is 4.79 Å². The van der Waals surface area contributed by atoms with Gasteiger partial charge < -0.3 is 10.2 Å². The molecule has 1 amide bonds. The summed E-state index contributed by atoms with van der Waals surface area (Å²) in [6.45, 7) is 10.1. The molecule has 0 saturated carbocycles. The fraction of sp³-hybridized carbons (Fsp3) is 0.588. The van der Waals surface area contributed by atoms with E-state index >= 15 is 0 Å². The molecule has 24 heavy (non-hydrogen) atoms. The third-order valence-corrected chi connectivity index (χ3v) is 5.38. The largest absolute Gasteiger partial charge is 0.353 e. The number of rotatable bonds is 5. The number of hydrogen-bond donors (Lipinski definition) is 1. The summed E-state index contributed by atoms with van der Waals surface area (Å²) < 4.78 is 0. The van der Waals surface area contributed by atoms with Crippen molar-refractivity contribution in [3.8, 4) is 0 Å². The van der Waals surface area contributed by atoms with Crippen LogP contribution in [-0.4, -0.2) is 59.5 Å². The van der Waals surface area contributed by atoms with Gasteiger partial charge >= 0.3 is 0 Å². The second kappa shape index (κ2) is 7.44. The Hall–Kier alpha value is -1.73. The first kappa shape index (κ1) is 17.1. The van der Waals surface area contributed by atoms with Crippen LogP contribution in [0.2, 0.25) is 0 Å². The zero-order chi connectivity index (χ0) is 17.1. The molecule has 7 heteroatoms. The van der Waals surface area contributed by atoms with Gasteiger partial charge in [-0.3, -0.25) is 9.69 Å². The highest BCUT2D eigenvalue weighted by molar-refractivity contribution is 7.18. The van der Waals surface area contributed by atoms with Gasteiger partial charge in [-0.15, -0.1) is 11.3 Å². The Morgan fingerprint density at radius 2 is 2.04 bits per heavy atom. The van der Waals surface area contributed by atoms with Gasteiger partial charge in [-0.1, -0.05) is 6.92 Å². The maximum Gasteiger partial charge on any atom is 0.234 e. The lowest BCUT2D eigenvalue weighted by atomic mass is 10.2. The summed E-state index contributed by atoms with van der Waals surface area (Å²) in [5.74, 6) is 1.13. The summed E-state index contributed by atoms with van der Waals surface area (Å²) in [7, 11) is 0. The molecule has 2 aromatic heterocycles. The molecule has 0 atom stereocenters. The van der Waals surface area contributed by atoms with Crippen LogP contribution in [-0.2, 0) is 11.2 Å². The fourth-order valence-corrected chi connectivity index (χ4v) is 3.94. The van der Waals surface area contributed by atoms with Crippen LogP contribution in [0.4, 0.5) is 5.82 Å². The summed E-state index contributed by atoms with van der Waals surface area (Å²) >= 11 is 1.75. The molecule has 1 aliphatic rings. The van der Waals surface area contributed by atoms with Gasteiger partial charge in [0.1, 0.15) is 17.0 Å². The lowest BCUT2D eigenvalue weighted by molar-refractivity contribution is -0.122. The van der Waals surface area contributed by atoms with Crippen LogP contribution in [0.3, 0.4) is 0 Å². The van der Waals surface area contributed by atoms with Crippen LogP contribution < -0.4 is 10.2 Å². The molecule has 0 bridgehead atoms. The monoisotopic (exact) mass is 347 g/mol. The van der Waals surface area contributed by atoms with E-state index in [1.807, 2.05) is 13.8 Å². The fourth-order valence-electron chi connectivity index (χ4n) is 3.01. The summed E-state index contributed by atoms with van der Waals surface area (Å²) in [5, 5.41) is 4.11. The van der Waals surface area contributed by atoms with Crippen molar-refractivity contribution in [2.45, 2.75) is 33.2 Å². The normalized spacial score (nSPS) is 16.1. The molecular weight excluding hydrogens is 322 g/mol. The van der Waals surface area contributed by atoms with E-state index in [-0.39, 0.29) is 11.9 Å². The Morgan fingerprint density at radius 1 is 1.29 bits per heavy atom. The number of aromatic nitrogens is 2. The zero-order valence-corrected chi connectivity index (χ0v) is 15.4. The Bertz CT molecular complexity index is 706. The molecule has 1 N–H and O–H groups in total. The second-order valence-electron chi connectivity index (χ2n) is 6.47. The Morgan fingerprint density at radius 3 is 2.71 bits per heavy atom. The van der Waals surface area contributed by atoms with Crippen molar-refractivity contribution >= 4 is 33.3 Å². The van der Waals surface area contributed by atoms with E-state index in [1.54, 1.807) is 17.7 Å². The van der Waals surface area contributed by atoms with E-state index < -0.39 is 0 Å². The number of fused-ring (bicyclic) bond motifs is 1. The number of aryl methyl sites for hydroxylation is 1. The minimum absolute atomic E-state index is 0.105. The number of carbonyl (C=O) groups is 1. The molecule has 0 aromatic carbocycles. The third-order valence-electron chi connectivity index (χ3n) is 4.20. The molecule has 1 saturated heterocycles. The maximum absolute atomic E-state index is 11.9. The highest BCUT2D eigenvalue weighted by Gasteiger charge is 2.22. The van der Waals surface area contributed by atoms with Crippen LogP contribution >= 0.6 is 11.3 Å². The summed E-state index contributed by atoms with van der Waals surface area (Å²) in [6, 6.07) is 2.41. The molecule has 6 nitrogen and oxygen atoms in total. The number of nitrogens with zero attached hydrogens (tertiary/aromatic N) is 4. The topological polar surface area (TPSA) is 61.4 Å². The predicted octanol–water partition coefficient (Wildman–Crippen LogP) is 1.90. The molecule has 1 fully saturated rings. The van der Waals surface area contributed by atoms with E-state index in [0.29, 0.717) is 6.54 Å². The SMILES string of the molecule is CCc1cc2c(N3CCN(CC(=O)NC(C)C)CC3)ncnc2s1. The van der Waals surface area contributed by atoms with Gasteiger partial charge in [0.2, 0.25) is 5.91 Å². The zero-order valence-electron chi connectivity index (χ0n) is 14.6. The summed E-state index contributed by atoms with van der Waals surface area (Å²) in [4.78, 5) is 27.8. The van der Waals surface area contributed by atoms with E-state index in [4.69, 9.17) is 0 Å². The average molecular weight is 347 g/mol. The number of carbonyl (C=O) groups excluding carboxylic acids is 1. The van der Waals surface area contributed by atoms with Crippen LogP contribution in [0.15, 0.2) is 12.4 Å². The molecule has 1 aliphatic heterocycles. The number of hydrogen-bond acceptors (Lipinski definition) is 6. The number of piperazine rings is 1. The molecule has 2 aromatic rings. The lowest BCUT2D eigenvalue weighted by Gasteiger charge is -2.35. The molecule has 3 heterocycles. The molecule has 0 unspecified atom stereocenters. The Labute approximate surface area is 146 Å². The summed E-state index contributed by atoms with van der Waals surface area (Å²) in [6.07, 6.45) is 2.69. The standard InChI is InChI=1S/C17H25N5OS/c1-4-13-9-14-16(18-11-19-17(14)24-13)22-7-5-21(6-8-22)10-15(23)20-12(2)3/h9,11-12H,4-8,10H2,1-3H3,(H,20,23). The minimum Gasteiger partial charge on any atom is -0.353 e. The van der Waals surface area contributed by atoms with Crippen LogP contribution in [0, 0.1) is 0 Å². The van der Waals surface area contributed by atoms with Crippen molar-refractivity contribution in [3.05, 3.63) is 17.3 Å². The van der Waals surface area contributed by atoms with Crippen molar-refractivity contribution in [2.75, 3.05) is 37.6 Å². The van der Waals surface area contributed by atoms with Crippen LogP contribution in [0.25, 0.3) is 10.2 Å². The van der Waals surface area contributed by atoms with Crippen molar-refractivity contribution in [1.29, 1.82) is 0 Å². The first-order valence-corrected chi connectivity index (χ1v) is 9.38. The molecule has 0 spiro atoms. The van der Waals surface area contributed by atoms with Gasteiger partial charge in [0.05, 0.1) is 11.9 Å². The highest BCUT2D eigenvalue weighted by atomic mass is 32.1. The number of amides is 1. The number of nitrogens with one attached hydrogen (secondary N) is 1. The second-order valence-corrected chi connectivity index (χ2v) is 7.58. The van der Waals surface area contributed by atoms with Crippen molar-refractivity contribution in [2.24, 2.45) is 0 Å². The van der Waals surface area contributed by atoms with Crippen molar-refractivity contribution < 1.29 is 4.79 Å². The van der Waals surface area contributed by atoms with E-state index in [0.717, 1.165) is 48.6 Å². The lowest BCUT2D eigenvalue weighted by Crippen LogP contribution is -2.50.